The second-order valence-corrected chi connectivity index (χ2v) is 12.0. The van der Waals surface area contributed by atoms with Crippen molar-refractivity contribution in [2.24, 2.45) is 0 Å². The Kier molecular flexibility index (Phi) is 10.7. The Balaban J connectivity index is 1.23. The highest BCUT2D eigenvalue weighted by Gasteiger charge is 2.28. The number of halogens is 1. The zero-order chi connectivity index (χ0) is 31.1. The second-order valence-electron chi connectivity index (χ2n) is 11.6. The molecular weight excluding hydrogens is 576 g/mol. The van der Waals surface area contributed by atoms with Gasteiger partial charge in [-0.1, -0.05) is 29.8 Å². The third-order valence-electron chi connectivity index (χ3n) is 8.45. The van der Waals surface area contributed by atoms with E-state index in [9.17, 15) is 14.4 Å². The molecule has 3 amide bonds. The maximum absolute atomic E-state index is 14.0. The van der Waals surface area contributed by atoms with Gasteiger partial charge in [-0.05, 0) is 105 Å². The van der Waals surface area contributed by atoms with Crippen LogP contribution in [0, 0.1) is 13.8 Å². The van der Waals surface area contributed by atoms with Crippen LogP contribution in [-0.4, -0.2) is 62.0 Å². The summed E-state index contributed by atoms with van der Waals surface area (Å²) in [6.07, 6.45) is 3.95. The number of morpholine rings is 1. The molecule has 0 aromatic heterocycles. The van der Waals surface area contributed by atoms with E-state index in [4.69, 9.17) is 16.3 Å². The number of nitrogens with zero attached hydrogens (tertiary/aromatic N) is 2. The van der Waals surface area contributed by atoms with E-state index in [1.54, 1.807) is 18.2 Å². The lowest BCUT2D eigenvalue weighted by Gasteiger charge is -2.27. The van der Waals surface area contributed by atoms with Crippen LogP contribution in [0.15, 0.2) is 60.7 Å². The summed E-state index contributed by atoms with van der Waals surface area (Å²) in [5.74, 6) is -0.0571. The smallest absolute Gasteiger partial charge is 0.258 e. The maximum Gasteiger partial charge on any atom is 0.258 e. The van der Waals surface area contributed by atoms with Crippen molar-refractivity contribution in [3.63, 3.8) is 0 Å². The quantitative estimate of drug-likeness (QED) is 0.275. The Morgan fingerprint density at radius 2 is 1.70 bits per heavy atom. The Bertz CT molecular complexity index is 1500. The van der Waals surface area contributed by atoms with Crippen LogP contribution in [0.25, 0.3) is 0 Å². The van der Waals surface area contributed by atoms with Gasteiger partial charge in [0.1, 0.15) is 0 Å². The first-order valence-corrected chi connectivity index (χ1v) is 15.9. The average molecular weight is 617 g/mol. The Morgan fingerprint density at radius 3 is 2.48 bits per heavy atom. The fraction of sp³-hybridized carbons (Fsp3) is 0.400. The minimum absolute atomic E-state index is 0.0524. The van der Waals surface area contributed by atoms with Gasteiger partial charge in [-0.15, -0.1) is 0 Å². The van der Waals surface area contributed by atoms with Crippen molar-refractivity contribution in [2.75, 3.05) is 49.6 Å². The number of fused-ring (bicyclic) bond motifs is 1. The monoisotopic (exact) mass is 616 g/mol. The summed E-state index contributed by atoms with van der Waals surface area (Å²) in [5, 5.41) is 7.26. The van der Waals surface area contributed by atoms with E-state index in [2.05, 4.69) is 10.6 Å². The van der Waals surface area contributed by atoms with Crippen LogP contribution in [-0.2, 0) is 9.53 Å². The van der Waals surface area contributed by atoms with Crippen LogP contribution < -0.4 is 15.5 Å². The first-order valence-electron chi connectivity index (χ1n) is 15.5. The molecule has 1 fully saturated rings. The topological polar surface area (TPSA) is 91.0 Å². The molecule has 3 aromatic rings. The predicted molar refractivity (Wildman–Crippen MR) is 175 cm³/mol. The third-order valence-corrected chi connectivity index (χ3v) is 8.69. The van der Waals surface area contributed by atoms with Crippen molar-refractivity contribution in [3.05, 3.63) is 93.5 Å². The Labute approximate surface area is 264 Å². The summed E-state index contributed by atoms with van der Waals surface area (Å²) in [6.45, 7) is 7.76. The van der Waals surface area contributed by atoms with E-state index in [0.29, 0.717) is 61.1 Å². The lowest BCUT2D eigenvalue weighted by atomic mass is 10.0. The normalized spacial score (nSPS) is 16.7. The molecule has 5 rings (SSSR count). The molecule has 2 N–H and O–H groups in total. The standard InChI is InChI=1S/C35H41ClN4O4/c1-24-8-3-4-9-28(24)34(42)38-27-13-14-29(25(2)22-27)35(43)40-17-7-10-31(30-23-26(36)12-15-32(30)40)37-16-6-5-11-33(41)39-18-20-44-21-19-39/h3-4,8-9,12-15,22-23,31,37H,5-7,10-11,16-21H2,1-2H3,(H,38,42). The zero-order valence-corrected chi connectivity index (χ0v) is 26.3. The SMILES string of the molecule is Cc1ccccc1C(=O)Nc1ccc(C(=O)N2CCCC(NCCCCC(=O)N3CCOCC3)c3cc(Cl)ccc32)c(C)c1. The summed E-state index contributed by atoms with van der Waals surface area (Å²) >= 11 is 6.45. The van der Waals surface area contributed by atoms with Crippen molar-refractivity contribution >= 4 is 40.7 Å². The van der Waals surface area contributed by atoms with Crippen LogP contribution in [0.2, 0.25) is 5.02 Å². The number of aryl methyl sites for hydroxylation is 2. The number of anilines is 2. The number of unbranched alkanes of at least 4 members (excludes halogenated alkanes) is 1. The molecule has 0 bridgehead atoms. The van der Waals surface area contributed by atoms with Gasteiger partial charge in [0.15, 0.2) is 0 Å². The van der Waals surface area contributed by atoms with E-state index >= 15 is 0 Å². The molecule has 0 spiro atoms. The molecule has 8 nitrogen and oxygen atoms in total. The molecule has 1 unspecified atom stereocenters. The van der Waals surface area contributed by atoms with Gasteiger partial charge >= 0.3 is 0 Å². The number of carbonyl (C=O) groups excluding carboxylic acids is 3. The molecule has 1 atom stereocenters. The average Bonchev–Trinajstić information content (AvgIpc) is 3.20. The number of nitrogens with one attached hydrogen (secondary N) is 2. The summed E-state index contributed by atoms with van der Waals surface area (Å²) in [6, 6.07) is 18.6. The summed E-state index contributed by atoms with van der Waals surface area (Å²) in [5.41, 5.74) is 5.41. The molecule has 9 heteroatoms. The molecule has 2 heterocycles. The molecule has 3 aromatic carbocycles. The van der Waals surface area contributed by atoms with Gasteiger partial charge in [-0.2, -0.15) is 0 Å². The minimum atomic E-state index is -0.179. The van der Waals surface area contributed by atoms with E-state index < -0.39 is 0 Å². The molecular formula is C35H41ClN4O4. The molecule has 2 aliphatic heterocycles. The van der Waals surface area contributed by atoms with Gasteiger partial charge in [0.25, 0.3) is 11.8 Å². The molecule has 0 aliphatic carbocycles. The highest BCUT2D eigenvalue weighted by atomic mass is 35.5. The van der Waals surface area contributed by atoms with Crippen molar-refractivity contribution in [1.29, 1.82) is 0 Å². The van der Waals surface area contributed by atoms with Crippen LogP contribution in [0.4, 0.5) is 11.4 Å². The fourth-order valence-electron chi connectivity index (χ4n) is 6.00. The van der Waals surface area contributed by atoms with Gasteiger partial charge in [-0.25, -0.2) is 0 Å². The van der Waals surface area contributed by atoms with E-state index in [1.807, 2.05) is 66.1 Å². The molecule has 2 aliphatic rings. The van der Waals surface area contributed by atoms with Crippen molar-refractivity contribution in [2.45, 2.75) is 52.0 Å². The summed E-state index contributed by atoms with van der Waals surface area (Å²) < 4.78 is 5.34. The predicted octanol–water partition coefficient (Wildman–Crippen LogP) is 6.31. The number of hydrogen-bond acceptors (Lipinski definition) is 5. The van der Waals surface area contributed by atoms with E-state index in [-0.39, 0.29) is 23.8 Å². The van der Waals surface area contributed by atoms with Gasteiger partial charge in [0.2, 0.25) is 5.91 Å². The van der Waals surface area contributed by atoms with Crippen LogP contribution in [0.3, 0.4) is 0 Å². The van der Waals surface area contributed by atoms with Gasteiger partial charge < -0.3 is 25.2 Å². The fourth-order valence-corrected chi connectivity index (χ4v) is 6.18. The number of benzene rings is 3. The number of rotatable bonds is 9. The third kappa shape index (κ3) is 7.67. The maximum atomic E-state index is 14.0. The number of hydrogen-bond donors (Lipinski definition) is 2. The lowest BCUT2D eigenvalue weighted by Crippen LogP contribution is -2.40. The van der Waals surface area contributed by atoms with Crippen molar-refractivity contribution in [3.8, 4) is 0 Å². The van der Waals surface area contributed by atoms with E-state index in [0.717, 1.165) is 54.6 Å². The lowest BCUT2D eigenvalue weighted by molar-refractivity contribution is -0.135. The number of carbonyl (C=O) groups is 3. The molecule has 232 valence electrons. The van der Waals surface area contributed by atoms with Gasteiger partial charge in [0, 0.05) is 59.6 Å². The Morgan fingerprint density at radius 1 is 0.909 bits per heavy atom. The summed E-state index contributed by atoms with van der Waals surface area (Å²) in [7, 11) is 0. The van der Waals surface area contributed by atoms with Crippen molar-refractivity contribution in [1.82, 2.24) is 10.2 Å². The molecule has 1 saturated heterocycles. The molecule has 0 saturated carbocycles. The second kappa shape index (κ2) is 14.8. The van der Waals surface area contributed by atoms with Crippen LogP contribution in [0.1, 0.15) is 75.6 Å². The highest BCUT2D eigenvalue weighted by molar-refractivity contribution is 6.30. The highest BCUT2D eigenvalue weighted by Crippen LogP contribution is 2.36. The van der Waals surface area contributed by atoms with Gasteiger partial charge in [-0.3, -0.25) is 14.4 Å². The van der Waals surface area contributed by atoms with Gasteiger partial charge in [0.05, 0.1) is 13.2 Å². The number of amides is 3. The Hall–Kier alpha value is -3.72. The van der Waals surface area contributed by atoms with Crippen LogP contribution in [0.5, 0.6) is 0 Å². The summed E-state index contributed by atoms with van der Waals surface area (Å²) in [4.78, 5) is 43.0. The largest absolute Gasteiger partial charge is 0.378 e. The van der Waals surface area contributed by atoms with Crippen LogP contribution >= 0.6 is 11.6 Å². The van der Waals surface area contributed by atoms with E-state index in [1.165, 1.54) is 0 Å². The van der Waals surface area contributed by atoms with Crippen molar-refractivity contribution < 1.29 is 19.1 Å². The first-order chi connectivity index (χ1) is 21.3. The zero-order valence-electron chi connectivity index (χ0n) is 25.5. The molecule has 0 radical (unpaired) electrons. The minimum Gasteiger partial charge on any atom is -0.378 e. The molecule has 44 heavy (non-hydrogen) atoms. The first kappa shape index (κ1) is 31.7. The number of ether oxygens (including phenoxy) is 1.